The van der Waals surface area contributed by atoms with Crippen LogP contribution >= 0.6 is 0 Å². The van der Waals surface area contributed by atoms with Gasteiger partial charge in [-0.2, -0.15) is 12.3 Å². The van der Waals surface area contributed by atoms with Gasteiger partial charge >= 0.3 is 26.2 Å². The molecule has 0 N–H and O–H groups in total. The second kappa shape index (κ2) is 54.3. The molecule has 0 aliphatic carbocycles. The summed E-state index contributed by atoms with van der Waals surface area (Å²) in [5.41, 5.74) is 0. The van der Waals surface area contributed by atoms with Crippen LogP contribution in [0.5, 0.6) is 0 Å². The van der Waals surface area contributed by atoms with Crippen molar-refractivity contribution in [2.45, 2.75) is 311 Å². The standard InChI is InChI=1S/C54H103O2.C4H9.Zr/c1-6-7-8-9-10-11-12-13-14-15-22-27-32-37-42-47-52(53(55)48-43-38-33-28-23-18-16-20-25-30-35-40-45-50(2)3)54(56)49-44-39-34-29-24-19-17-21-26-31-36-41-46-51(4)5;1-4(2)3;/h13-14,50-52H,1,6-12,15-49H2,2-5H3;4H,1H2,2-3H3;/q2*-1;+2/b14-13-;;. The second-order valence-corrected chi connectivity index (χ2v) is 20.5. The van der Waals surface area contributed by atoms with Gasteiger partial charge in [-0.1, -0.05) is 259 Å². The smallest absolute Gasteiger partial charge is 0.343 e. The number of carbonyl (C=O) groups excluding carboxylic acids is 2. The Bertz CT molecular complexity index is 825. The quantitative estimate of drug-likeness (QED) is 0.0264. The molecule has 0 fully saturated rings. The Balaban J connectivity index is -0.00000641. The van der Waals surface area contributed by atoms with Crippen LogP contribution in [0.1, 0.15) is 311 Å². The Morgan fingerprint density at radius 2 is 0.590 bits per heavy atom. The van der Waals surface area contributed by atoms with Crippen LogP contribution in [-0.2, 0) is 35.8 Å². The molecule has 0 rings (SSSR count). The molecule has 0 saturated heterocycles. The molecule has 0 atom stereocenters. The first-order valence-corrected chi connectivity index (χ1v) is 27.4. The zero-order valence-corrected chi connectivity index (χ0v) is 45.4. The van der Waals surface area contributed by atoms with Crippen molar-refractivity contribution < 1.29 is 35.8 Å². The van der Waals surface area contributed by atoms with E-state index in [1.807, 2.05) is 0 Å². The maximum Gasteiger partial charge on any atom is 2.00 e. The average Bonchev–Trinajstić information content (AvgIpc) is 3.20. The molecule has 61 heavy (non-hydrogen) atoms. The molecule has 0 aromatic carbocycles. The summed E-state index contributed by atoms with van der Waals surface area (Å²) in [6.45, 7) is 21.0. The Morgan fingerprint density at radius 1 is 0.361 bits per heavy atom. The summed E-state index contributed by atoms with van der Waals surface area (Å²) in [5, 5.41) is 0. The van der Waals surface area contributed by atoms with E-state index in [-0.39, 0.29) is 43.7 Å². The third kappa shape index (κ3) is 57.9. The van der Waals surface area contributed by atoms with Crippen molar-refractivity contribution in [2.24, 2.45) is 23.7 Å². The Hall–Kier alpha value is -0.0369. The van der Waals surface area contributed by atoms with Crippen LogP contribution in [0.25, 0.3) is 0 Å². The molecular formula is C58H112O2Zr. The number of hydrogen-bond donors (Lipinski definition) is 0. The number of carbonyl (C=O) groups is 2. The van der Waals surface area contributed by atoms with Gasteiger partial charge in [0.2, 0.25) is 0 Å². The van der Waals surface area contributed by atoms with E-state index in [4.69, 9.17) is 0 Å². The van der Waals surface area contributed by atoms with Crippen molar-refractivity contribution in [2.75, 3.05) is 0 Å². The van der Waals surface area contributed by atoms with E-state index in [0.717, 1.165) is 63.2 Å². The van der Waals surface area contributed by atoms with E-state index in [0.29, 0.717) is 18.8 Å². The largest absolute Gasteiger partial charge is 2.00 e. The van der Waals surface area contributed by atoms with Crippen LogP contribution in [0, 0.1) is 37.5 Å². The van der Waals surface area contributed by atoms with Crippen LogP contribution in [0.3, 0.4) is 0 Å². The Morgan fingerprint density at radius 3 is 0.869 bits per heavy atom. The van der Waals surface area contributed by atoms with Gasteiger partial charge in [-0.15, -0.1) is 0 Å². The van der Waals surface area contributed by atoms with Crippen molar-refractivity contribution in [1.29, 1.82) is 0 Å². The maximum atomic E-state index is 13.4. The monoisotopic (exact) mass is 931 g/mol. The van der Waals surface area contributed by atoms with Crippen molar-refractivity contribution in [1.82, 2.24) is 0 Å². The minimum Gasteiger partial charge on any atom is -0.343 e. The van der Waals surface area contributed by atoms with Crippen molar-refractivity contribution in [3.8, 4) is 0 Å². The summed E-state index contributed by atoms with van der Waals surface area (Å²) >= 11 is 0. The molecule has 2 nitrogen and oxygen atoms in total. The average molecular weight is 933 g/mol. The summed E-state index contributed by atoms with van der Waals surface area (Å²) in [6.07, 6.45) is 57.3. The van der Waals surface area contributed by atoms with Gasteiger partial charge in [-0.3, -0.25) is 9.59 Å². The van der Waals surface area contributed by atoms with E-state index >= 15 is 0 Å². The molecule has 360 valence electrons. The Kier molecular flexibility index (Phi) is 58.1. The van der Waals surface area contributed by atoms with Gasteiger partial charge < -0.3 is 13.8 Å². The molecule has 0 radical (unpaired) electrons. The summed E-state index contributed by atoms with van der Waals surface area (Å²) in [5.74, 6) is 2.48. The van der Waals surface area contributed by atoms with Gasteiger partial charge in [0, 0.05) is 12.8 Å². The fourth-order valence-corrected chi connectivity index (χ4v) is 8.44. The summed E-state index contributed by atoms with van der Waals surface area (Å²) in [6, 6.07) is 0. The third-order valence-electron chi connectivity index (χ3n) is 12.3. The first-order chi connectivity index (χ1) is 29.1. The third-order valence-corrected chi connectivity index (χ3v) is 12.3. The van der Waals surface area contributed by atoms with Crippen molar-refractivity contribution in [3.63, 3.8) is 0 Å². The predicted molar refractivity (Wildman–Crippen MR) is 272 cm³/mol. The second-order valence-electron chi connectivity index (χ2n) is 20.5. The first kappa shape index (κ1) is 65.2. The topological polar surface area (TPSA) is 34.1 Å². The van der Waals surface area contributed by atoms with Crippen LogP contribution in [-0.4, -0.2) is 11.6 Å². The number of allylic oxidation sites excluding steroid dienone is 2. The molecule has 0 bridgehead atoms. The van der Waals surface area contributed by atoms with Crippen LogP contribution in [0.15, 0.2) is 12.2 Å². The van der Waals surface area contributed by atoms with E-state index in [1.54, 1.807) is 0 Å². The molecule has 0 saturated carbocycles. The summed E-state index contributed by atoms with van der Waals surface area (Å²) in [7, 11) is 0. The maximum absolute atomic E-state index is 13.4. The molecule has 0 unspecified atom stereocenters. The van der Waals surface area contributed by atoms with Gasteiger partial charge in [0.15, 0.2) is 0 Å². The zero-order chi connectivity index (χ0) is 44.6. The predicted octanol–water partition coefficient (Wildman–Crippen LogP) is 20.3. The van der Waals surface area contributed by atoms with E-state index in [2.05, 4.69) is 67.5 Å². The zero-order valence-electron chi connectivity index (χ0n) is 42.9. The molecule has 0 heterocycles. The molecule has 0 aliphatic rings. The van der Waals surface area contributed by atoms with Crippen LogP contribution in [0.4, 0.5) is 0 Å². The number of rotatable bonds is 47. The molecular weight excluding hydrogens is 820 g/mol. The van der Waals surface area contributed by atoms with Gasteiger partial charge in [-0.25, -0.2) is 0 Å². The molecule has 0 aromatic rings. The molecule has 0 aliphatic heterocycles. The minimum atomic E-state index is -0.327. The van der Waals surface area contributed by atoms with Crippen LogP contribution < -0.4 is 0 Å². The van der Waals surface area contributed by atoms with Gasteiger partial charge in [0.1, 0.15) is 11.6 Å². The van der Waals surface area contributed by atoms with E-state index < -0.39 is 0 Å². The molecule has 0 spiro atoms. The molecule has 0 aromatic heterocycles. The summed E-state index contributed by atoms with van der Waals surface area (Å²) < 4.78 is 0. The normalized spacial score (nSPS) is 11.6. The van der Waals surface area contributed by atoms with Crippen molar-refractivity contribution in [3.05, 3.63) is 26.0 Å². The van der Waals surface area contributed by atoms with Crippen molar-refractivity contribution >= 4 is 11.6 Å². The van der Waals surface area contributed by atoms with Gasteiger partial charge in [0.05, 0.1) is 5.92 Å². The number of ketones is 2. The fraction of sp³-hybridized carbons (Fsp3) is 0.897. The number of unbranched alkanes of at least 4 members (excludes halogenated alkanes) is 33. The fourth-order valence-electron chi connectivity index (χ4n) is 8.44. The van der Waals surface area contributed by atoms with E-state index in [9.17, 15) is 9.59 Å². The minimum absolute atomic E-state index is 0. The number of hydrogen-bond acceptors (Lipinski definition) is 2. The number of Topliss-reactive ketones (excluding diaryl/α,β-unsaturated/α-hetero) is 2. The molecule has 3 heteroatoms. The SMILES string of the molecule is [CH2-]C(C)C.[CH2-]CCCCCCC/C=C\CCCCCCCC(C(=O)CCCCCCCCCCCCCCC(C)C)C(=O)CCCCCCCCCCCCCCC(C)C.[Zr+2]. The molecule has 0 amide bonds. The van der Waals surface area contributed by atoms with Gasteiger partial charge in [-0.05, 0) is 56.8 Å². The van der Waals surface area contributed by atoms with Crippen LogP contribution in [0.2, 0.25) is 0 Å². The van der Waals surface area contributed by atoms with Gasteiger partial charge in [0.25, 0.3) is 0 Å². The Labute approximate surface area is 405 Å². The summed E-state index contributed by atoms with van der Waals surface area (Å²) in [4.78, 5) is 26.9. The first-order valence-electron chi connectivity index (χ1n) is 27.4. The van der Waals surface area contributed by atoms with E-state index in [1.165, 1.54) is 205 Å².